The van der Waals surface area contributed by atoms with Crippen molar-refractivity contribution in [3.8, 4) is 16.9 Å². The second kappa shape index (κ2) is 9.02. The van der Waals surface area contributed by atoms with Crippen molar-refractivity contribution in [2.24, 2.45) is 0 Å². The Hall–Kier alpha value is -3.53. The molecule has 2 aromatic heterocycles. The number of aromatic nitrogens is 4. The maximum Gasteiger partial charge on any atom is 0.258 e. The van der Waals surface area contributed by atoms with Crippen molar-refractivity contribution in [1.82, 2.24) is 24.9 Å². The van der Waals surface area contributed by atoms with Crippen molar-refractivity contribution in [2.75, 3.05) is 20.3 Å². The van der Waals surface area contributed by atoms with E-state index in [1.165, 1.54) is 0 Å². The minimum atomic E-state index is -0.277. The molecule has 1 saturated heterocycles. The van der Waals surface area contributed by atoms with Gasteiger partial charge >= 0.3 is 0 Å². The van der Waals surface area contributed by atoms with E-state index in [1.807, 2.05) is 0 Å². The number of amides is 1. The van der Waals surface area contributed by atoms with Gasteiger partial charge in [0.2, 0.25) is 0 Å². The van der Waals surface area contributed by atoms with Crippen LogP contribution in [-0.2, 0) is 4.74 Å². The summed E-state index contributed by atoms with van der Waals surface area (Å²) in [7, 11) is 1.61. The van der Waals surface area contributed by atoms with Crippen LogP contribution in [0.3, 0.4) is 0 Å². The third kappa shape index (κ3) is 4.09. The second-order valence-corrected chi connectivity index (χ2v) is 8.66. The maximum absolute atomic E-state index is 13.0. The number of hydrogen-bond donors (Lipinski definition) is 2. The van der Waals surface area contributed by atoms with Gasteiger partial charge in [-0.05, 0) is 55.0 Å². The minimum absolute atomic E-state index is 0.0803. The predicted octanol–water partition coefficient (Wildman–Crippen LogP) is 2.65. The van der Waals surface area contributed by atoms with E-state index < -0.39 is 0 Å². The van der Waals surface area contributed by atoms with Crippen LogP contribution < -0.4 is 5.56 Å². The zero-order chi connectivity index (χ0) is 23.8. The van der Waals surface area contributed by atoms with Gasteiger partial charge in [0.15, 0.2) is 0 Å². The van der Waals surface area contributed by atoms with Gasteiger partial charge in [-0.2, -0.15) is 0 Å². The highest BCUT2D eigenvalue weighted by molar-refractivity contribution is 6.31. The van der Waals surface area contributed by atoms with Crippen LogP contribution in [0.5, 0.6) is 0 Å². The van der Waals surface area contributed by atoms with Gasteiger partial charge in [-0.1, -0.05) is 16.8 Å². The van der Waals surface area contributed by atoms with Crippen LogP contribution >= 0.6 is 11.6 Å². The third-order valence-electron chi connectivity index (χ3n) is 6.14. The van der Waals surface area contributed by atoms with Crippen molar-refractivity contribution in [3.05, 3.63) is 75.7 Å². The van der Waals surface area contributed by atoms with E-state index in [4.69, 9.17) is 16.3 Å². The molecule has 0 aliphatic carbocycles. The van der Waals surface area contributed by atoms with Gasteiger partial charge in [-0.3, -0.25) is 9.59 Å². The number of halogens is 1. The molecule has 4 aromatic rings. The number of methoxy groups -OCH3 is 1. The molecule has 174 valence electrons. The number of rotatable bonds is 5. The van der Waals surface area contributed by atoms with Crippen LogP contribution in [0.1, 0.15) is 16.8 Å². The van der Waals surface area contributed by atoms with E-state index in [0.29, 0.717) is 46.0 Å². The number of ether oxygens (including phenoxy) is 1. The van der Waals surface area contributed by atoms with Crippen molar-refractivity contribution >= 4 is 28.4 Å². The van der Waals surface area contributed by atoms with Crippen LogP contribution in [0.15, 0.2) is 59.5 Å². The largest absolute Gasteiger partial charge is 0.394 e. The van der Waals surface area contributed by atoms with E-state index in [9.17, 15) is 14.7 Å². The summed E-state index contributed by atoms with van der Waals surface area (Å²) >= 11 is 6.08. The van der Waals surface area contributed by atoms with Gasteiger partial charge in [0.25, 0.3) is 11.5 Å². The number of aromatic amines is 1. The smallest absolute Gasteiger partial charge is 0.258 e. The van der Waals surface area contributed by atoms with Crippen LogP contribution in [-0.4, -0.2) is 68.3 Å². The molecule has 0 spiro atoms. The summed E-state index contributed by atoms with van der Waals surface area (Å²) in [6.07, 6.45) is 2.19. The molecule has 9 nitrogen and oxygen atoms in total. The first-order valence-electron chi connectivity index (χ1n) is 10.8. The van der Waals surface area contributed by atoms with Gasteiger partial charge in [0.05, 0.1) is 36.2 Å². The van der Waals surface area contributed by atoms with Crippen LogP contribution in [0.25, 0.3) is 27.8 Å². The fourth-order valence-corrected chi connectivity index (χ4v) is 4.45. The Morgan fingerprint density at radius 2 is 2.03 bits per heavy atom. The number of nitrogens with one attached hydrogen (secondary N) is 1. The zero-order valence-corrected chi connectivity index (χ0v) is 19.1. The lowest BCUT2D eigenvalue weighted by molar-refractivity contribution is 0.0648. The highest BCUT2D eigenvalue weighted by Gasteiger charge is 2.35. The Morgan fingerprint density at radius 3 is 2.76 bits per heavy atom. The van der Waals surface area contributed by atoms with Gasteiger partial charge in [0, 0.05) is 35.1 Å². The SMILES string of the molecule is CO[C@@H]1C[C@H](CO)N(C(=O)c2ccc(-n3cc(-c4cc5cc(Cl)ccc5[nH]c4=O)nn3)cc2)C1. The summed E-state index contributed by atoms with van der Waals surface area (Å²) in [4.78, 5) is 30.0. The number of fused-ring (bicyclic) bond motifs is 1. The molecular weight excluding hydrogens is 458 g/mol. The van der Waals surface area contributed by atoms with E-state index in [0.717, 1.165) is 5.39 Å². The number of aliphatic hydroxyl groups is 1. The number of hydrogen-bond acceptors (Lipinski definition) is 6. The normalized spacial score (nSPS) is 18.0. The van der Waals surface area contributed by atoms with E-state index >= 15 is 0 Å². The monoisotopic (exact) mass is 479 g/mol. The summed E-state index contributed by atoms with van der Waals surface area (Å²) < 4.78 is 6.90. The van der Waals surface area contributed by atoms with Crippen molar-refractivity contribution in [3.63, 3.8) is 0 Å². The number of aliphatic hydroxyl groups excluding tert-OH is 1. The minimum Gasteiger partial charge on any atom is -0.394 e. The standard InChI is InChI=1S/C24H22ClN5O4/c1-34-19-10-18(13-31)29(11-19)24(33)14-2-5-17(6-3-14)30-12-22(27-28-30)20-9-15-8-16(25)4-7-21(15)26-23(20)32/h2-9,12,18-19,31H,10-11,13H2,1H3,(H,26,32)/t18-,19-/m1/s1. The summed E-state index contributed by atoms with van der Waals surface area (Å²) in [5.74, 6) is -0.161. The number of nitrogens with zero attached hydrogens (tertiary/aromatic N) is 4. The predicted molar refractivity (Wildman–Crippen MR) is 127 cm³/mol. The van der Waals surface area contributed by atoms with Crippen molar-refractivity contribution in [1.29, 1.82) is 0 Å². The second-order valence-electron chi connectivity index (χ2n) is 8.23. The summed E-state index contributed by atoms with van der Waals surface area (Å²) in [6, 6.07) is 13.6. The molecule has 5 rings (SSSR count). The topological polar surface area (TPSA) is 113 Å². The molecule has 34 heavy (non-hydrogen) atoms. The molecule has 2 N–H and O–H groups in total. The molecule has 1 aliphatic heterocycles. The molecule has 2 aromatic carbocycles. The first-order chi connectivity index (χ1) is 16.5. The van der Waals surface area contributed by atoms with E-state index in [-0.39, 0.29) is 30.2 Å². The highest BCUT2D eigenvalue weighted by atomic mass is 35.5. The van der Waals surface area contributed by atoms with Crippen LogP contribution in [0.4, 0.5) is 0 Å². The molecule has 0 radical (unpaired) electrons. The first kappa shape index (κ1) is 22.3. The molecule has 0 unspecified atom stereocenters. The lowest BCUT2D eigenvalue weighted by atomic mass is 10.1. The van der Waals surface area contributed by atoms with Crippen molar-refractivity contribution in [2.45, 2.75) is 18.6 Å². The zero-order valence-electron chi connectivity index (χ0n) is 18.3. The van der Waals surface area contributed by atoms with Gasteiger partial charge in [-0.15, -0.1) is 5.10 Å². The number of benzene rings is 2. The van der Waals surface area contributed by atoms with E-state index in [2.05, 4.69) is 15.3 Å². The Bertz CT molecular complexity index is 1420. The molecular formula is C24H22ClN5O4. The lowest BCUT2D eigenvalue weighted by Crippen LogP contribution is -2.38. The van der Waals surface area contributed by atoms with Gasteiger partial charge in [-0.25, -0.2) is 4.68 Å². The van der Waals surface area contributed by atoms with Crippen molar-refractivity contribution < 1.29 is 14.6 Å². The number of carbonyl (C=O) groups is 1. The Labute approximate surface area is 199 Å². The fraction of sp³-hybridized carbons (Fsp3) is 0.250. The number of H-pyrrole nitrogens is 1. The Balaban J connectivity index is 1.39. The average Bonchev–Trinajstić information content (AvgIpc) is 3.51. The van der Waals surface area contributed by atoms with Crippen LogP contribution in [0.2, 0.25) is 5.02 Å². The average molecular weight is 480 g/mol. The molecule has 10 heteroatoms. The summed E-state index contributed by atoms with van der Waals surface area (Å²) in [5.41, 5.74) is 2.39. The number of likely N-dealkylation sites (tertiary alicyclic amines) is 1. The number of carbonyl (C=O) groups excluding carboxylic acids is 1. The quantitative estimate of drug-likeness (QED) is 0.455. The third-order valence-corrected chi connectivity index (χ3v) is 6.37. The summed E-state index contributed by atoms with van der Waals surface area (Å²) in [6.45, 7) is 0.339. The van der Waals surface area contributed by atoms with E-state index in [1.54, 1.807) is 71.4 Å². The lowest BCUT2D eigenvalue weighted by Gasteiger charge is -2.22. The van der Waals surface area contributed by atoms with Gasteiger partial charge in [0.1, 0.15) is 5.69 Å². The molecule has 0 saturated carbocycles. The molecule has 3 heterocycles. The van der Waals surface area contributed by atoms with Crippen LogP contribution in [0, 0.1) is 0 Å². The molecule has 1 fully saturated rings. The summed E-state index contributed by atoms with van der Waals surface area (Å²) in [5, 5.41) is 19.3. The first-order valence-corrected chi connectivity index (χ1v) is 11.1. The Morgan fingerprint density at radius 1 is 1.24 bits per heavy atom. The molecule has 0 bridgehead atoms. The molecule has 1 aliphatic rings. The fourth-order valence-electron chi connectivity index (χ4n) is 4.27. The molecule has 2 atom stereocenters. The maximum atomic E-state index is 13.0. The van der Waals surface area contributed by atoms with Gasteiger partial charge < -0.3 is 19.7 Å². The molecule has 1 amide bonds. The number of pyridine rings is 1. The highest BCUT2D eigenvalue weighted by Crippen LogP contribution is 2.24. The Kier molecular flexibility index (Phi) is 5.91.